The Hall–Kier alpha value is -3.42. The summed E-state index contributed by atoms with van der Waals surface area (Å²) in [7, 11) is 1.45. The number of alkyl carbamates (subject to hydrolysis) is 1. The average molecular weight is 499 g/mol. The van der Waals surface area contributed by atoms with Crippen molar-refractivity contribution < 1.29 is 31.8 Å². The number of alkyl halides is 4. The minimum Gasteiger partial charge on any atom is -0.443 e. The Morgan fingerprint density at radius 3 is 2.74 bits per heavy atom. The molecule has 1 fully saturated rings. The molecule has 0 unspecified atom stereocenters. The van der Waals surface area contributed by atoms with Crippen molar-refractivity contribution in [2.24, 2.45) is 0 Å². The molecule has 0 aromatic carbocycles. The highest BCUT2D eigenvalue weighted by atomic mass is 19.4. The summed E-state index contributed by atoms with van der Waals surface area (Å²) in [6.45, 7) is 3.63. The van der Waals surface area contributed by atoms with Crippen LogP contribution in [0.5, 0.6) is 0 Å². The third-order valence-corrected chi connectivity index (χ3v) is 5.49. The van der Waals surface area contributed by atoms with Gasteiger partial charge >= 0.3 is 12.3 Å². The van der Waals surface area contributed by atoms with Crippen LogP contribution >= 0.6 is 0 Å². The van der Waals surface area contributed by atoms with Crippen LogP contribution in [0.1, 0.15) is 49.7 Å². The second-order valence-corrected chi connectivity index (χ2v) is 8.56. The summed E-state index contributed by atoms with van der Waals surface area (Å²) in [5.74, 6) is -0.646. The van der Waals surface area contributed by atoms with Crippen LogP contribution in [0.4, 0.5) is 34.1 Å². The van der Waals surface area contributed by atoms with Crippen molar-refractivity contribution in [3.63, 3.8) is 0 Å². The van der Waals surface area contributed by atoms with E-state index in [9.17, 15) is 18.0 Å². The lowest BCUT2D eigenvalue weighted by atomic mass is 10.0. The Morgan fingerprint density at radius 1 is 1.29 bits per heavy atom. The molecular formula is C21H25F4N7O3. The molecule has 1 amide bonds. The van der Waals surface area contributed by atoms with Crippen molar-refractivity contribution in [1.29, 1.82) is 0 Å². The van der Waals surface area contributed by atoms with E-state index in [2.05, 4.69) is 30.8 Å². The SMILES string of the molecule is COCc1cn2c(Nc3cc([C@H]4CC[C@@H](OC(=O)NC(C)C)[C@@H]4F)[nH]n3)nc(C(F)(F)F)cc2n1. The van der Waals surface area contributed by atoms with Crippen LogP contribution < -0.4 is 10.6 Å². The maximum absolute atomic E-state index is 15.0. The highest BCUT2D eigenvalue weighted by Crippen LogP contribution is 2.39. The van der Waals surface area contributed by atoms with Gasteiger partial charge in [0.25, 0.3) is 0 Å². The fourth-order valence-electron chi connectivity index (χ4n) is 3.97. The number of carbonyl (C=O) groups is 1. The first kappa shape index (κ1) is 24.7. The van der Waals surface area contributed by atoms with E-state index in [-0.39, 0.29) is 30.1 Å². The predicted molar refractivity (Wildman–Crippen MR) is 116 cm³/mol. The van der Waals surface area contributed by atoms with E-state index in [1.165, 1.54) is 23.8 Å². The summed E-state index contributed by atoms with van der Waals surface area (Å²) in [4.78, 5) is 19.6. The van der Waals surface area contributed by atoms with Gasteiger partial charge in [-0.15, -0.1) is 0 Å². The van der Waals surface area contributed by atoms with Crippen LogP contribution in [0.25, 0.3) is 5.65 Å². The molecular weight excluding hydrogens is 474 g/mol. The first-order chi connectivity index (χ1) is 16.5. The van der Waals surface area contributed by atoms with Crippen LogP contribution in [0.2, 0.25) is 0 Å². The van der Waals surface area contributed by atoms with Crippen LogP contribution in [0.15, 0.2) is 18.3 Å². The number of anilines is 2. The molecule has 3 atom stereocenters. The standard InChI is InChI=1S/C21H25F4N7O3/c1-10(2)26-20(33)35-14-5-4-12(18(14)22)13-6-16(31-30-13)29-19-28-15(21(23,24)25)7-17-27-11(9-34-3)8-32(17)19/h6-8,10,12,14,18H,4-5,9H2,1-3H3,(H,26,33)(H2,28,29,30,31)/t12-,14-,18-/m1/s1. The fraction of sp³-hybridized carbons (Fsp3) is 0.524. The first-order valence-corrected chi connectivity index (χ1v) is 10.9. The van der Waals surface area contributed by atoms with Gasteiger partial charge in [0.1, 0.15) is 17.9 Å². The topological polar surface area (TPSA) is 118 Å². The number of ether oxygens (including phenoxy) is 2. The number of H-pyrrole nitrogens is 1. The molecule has 0 saturated heterocycles. The number of fused-ring (bicyclic) bond motifs is 1. The molecule has 4 rings (SSSR count). The molecule has 1 aliphatic rings. The number of aromatic amines is 1. The molecule has 1 aliphatic carbocycles. The molecule has 0 aliphatic heterocycles. The minimum absolute atomic E-state index is 0.0249. The van der Waals surface area contributed by atoms with E-state index in [0.717, 1.165) is 6.07 Å². The van der Waals surface area contributed by atoms with Crippen molar-refractivity contribution in [3.8, 4) is 0 Å². The van der Waals surface area contributed by atoms with Gasteiger partial charge < -0.3 is 20.1 Å². The van der Waals surface area contributed by atoms with E-state index in [4.69, 9.17) is 9.47 Å². The lowest BCUT2D eigenvalue weighted by molar-refractivity contribution is -0.141. The van der Waals surface area contributed by atoms with E-state index in [1.807, 2.05) is 0 Å². The number of amides is 1. The Bertz CT molecular complexity index is 1190. The summed E-state index contributed by atoms with van der Waals surface area (Å²) in [6.07, 6.45) is -5.53. The van der Waals surface area contributed by atoms with E-state index in [0.29, 0.717) is 24.2 Å². The van der Waals surface area contributed by atoms with Crippen LogP contribution in [0, 0.1) is 0 Å². The quantitative estimate of drug-likeness (QED) is 0.419. The maximum Gasteiger partial charge on any atom is 0.433 e. The van der Waals surface area contributed by atoms with Crippen LogP contribution in [-0.4, -0.2) is 56.1 Å². The van der Waals surface area contributed by atoms with Gasteiger partial charge in [0.05, 0.1) is 12.3 Å². The van der Waals surface area contributed by atoms with Gasteiger partial charge in [0, 0.05) is 43.1 Å². The molecule has 35 heavy (non-hydrogen) atoms. The summed E-state index contributed by atoms with van der Waals surface area (Å²) >= 11 is 0. The lowest BCUT2D eigenvalue weighted by Crippen LogP contribution is -2.36. The molecule has 1 saturated carbocycles. The summed E-state index contributed by atoms with van der Waals surface area (Å²) in [5, 5.41) is 12.1. The van der Waals surface area contributed by atoms with Gasteiger partial charge in [-0.2, -0.15) is 18.3 Å². The fourth-order valence-corrected chi connectivity index (χ4v) is 3.97. The minimum atomic E-state index is -4.69. The Balaban J connectivity index is 1.54. The average Bonchev–Trinajstić information content (AvgIpc) is 3.46. The molecule has 0 radical (unpaired) electrons. The first-order valence-electron chi connectivity index (χ1n) is 10.9. The Labute approximate surface area is 197 Å². The van der Waals surface area contributed by atoms with Gasteiger partial charge in [-0.25, -0.2) is 19.2 Å². The number of carbonyl (C=O) groups excluding carboxylic acids is 1. The Morgan fingerprint density at radius 2 is 2.06 bits per heavy atom. The monoisotopic (exact) mass is 499 g/mol. The molecule has 190 valence electrons. The van der Waals surface area contributed by atoms with E-state index >= 15 is 4.39 Å². The number of hydrogen-bond acceptors (Lipinski definition) is 7. The number of imidazole rings is 1. The number of nitrogens with zero attached hydrogens (tertiary/aromatic N) is 4. The summed E-state index contributed by atoms with van der Waals surface area (Å²) in [6, 6.07) is 2.19. The van der Waals surface area contributed by atoms with Crippen LogP contribution in [-0.2, 0) is 22.3 Å². The number of nitrogens with one attached hydrogen (secondary N) is 3. The molecule has 10 nitrogen and oxygen atoms in total. The Kier molecular flexibility index (Phi) is 6.83. The molecule has 3 heterocycles. The number of halogens is 4. The largest absolute Gasteiger partial charge is 0.443 e. The van der Waals surface area contributed by atoms with Crippen molar-refractivity contribution in [2.45, 2.75) is 63.7 Å². The molecule has 14 heteroatoms. The van der Waals surface area contributed by atoms with Gasteiger partial charge in [0.15, 0.2) is 11.5 Å². The van der Waals surface area contributed by atoms with E-state index in [1.54, 1.807) is 13.8 Å². The van der Waals surface area contributed by atoms with Gasteiger partial charge in [-0.05, 0) is 26.7 Å². The van der Waals surface area contributed by atoms with Gasteiger partial charge in [-0.1, -0.05) is 0 Å². The third-order valence-electron chi connectivity index (χ3n) is 5.49. The zero-order valence-electron chi connectivity index (χ0n) is 19.2. The molecule has 0 bridgehead atoms. The number of aromatic nitrogens is 5. The number of hydrogen-bond donors (Lipinski definition) is 3. The van der Waals surface area contributed by atoms with E-state index < -0.39 is 36.2 Å². The zero-order chi connectivity index (χ0) is 25.3. The summed E-state index contributed by atoms with van der Waals surface area (Å²) < 4.78 is 66.7. The lowest BCUT2D eigenvalue weighted by Gasteiger charge is -2.18. The van der Waals surface area contributed by atoms with Crippen LogP contribution in [0.3, 0.4) is 0 Å². The summed E-state index contributed by atoms with van der Waals surface area (Å²) in [5.41, 5.74) is -0.267. The molecule has 3 N–H and O–H groups in total. The predicted octanol–water partition coefficient (Wildman–Crippen LogP) is 4.08. The van der Waals surface area contributed by atoms with Crippen molar-refractivity contribution >= 4 is 23.5 Å². The zero-order valence-corrected chi connectivity index (χ0v) is 19.2. The van der Waals surface area contributed by atoms with Gasteiger partial charge in [0.2, 0.25) is 5.95 Å². The normalized spacial score (nSPS) is 20.5. The maximum atomic E-state index is 15.0. The van der Waals surface area contributed by atoms with Crippen molar-refractivity contribution in [3.05, 3.63) is 35.4 Å². The smallest absolute Gasteiger partial charge is 0.433 e. The third kappa shape index (κ3) is 5.47. The highest BCUT2D eigenvalue weighted by molar-refractivity contribution is 5.67. The number of rotatable bonds is 7. The van der Waals surface area contributed by atoms with Crippen molar-refractivity contribution in [2.75, 3.05) is 12.4 Å². The molecule has 0 spiro atoms. The second-order valence-electron chi connectivity index (χ2n) is 8.56. The van der Waals surface area contributed by atoms with Gasteiger partial charge in [-0.3, -0.25) is 9.50 Å². The van der Waals surface area contributed by atoms with Crippen molar-refractivity contribution in [1.82, 2.24) is 29.9 Å². The highest BCUT2D eigenvalue weighted by Gasteiger charge is 2.41. The molecule has 3 aromatic heterocycles. The second kappa shape index (κ2) is 9.68. The molecule has 3 aromatic rings. The number of methoxy groups -OCH3 is 1.